The molecule has 1 N–H and O–H groups in total. The van der Waals surface area contributed by atoms with Crippen LogP contribution in [0.1, 0.15) is 38.3 Å². The van der Waals surface area contributed by atoms with Crippen molar-refractivity contribution in [1.82, 2.24) is 15.3 Å². The predicted molar refractivity (Wildman–Crippen MR) is 130 cm³/mol. The molecule has 1 aliphatic rings. The van der Waals surface area contributed by atoms with Gasteiger partial charge in [-0.15, -0.1) is 0 Å². The molecule has 1 saturated heterocycles. The molecule has 0 radical (unpaired) electrons. The Balaban J connectivity index is 1.25. The van der Waals surface area contributed by atoms with Gasteiger partial charge in [-0.1, -0.05) is 12.1 Å². The van der Waals surface area contributed by atoms with Gasteiger partial charge in [0.15, 0.2) is 5.58 Å². The molecule has 2 aromatic carbocycles. The zero-order valence-corrected chi connectivity index (χ0v) is 19.7. The molecule has 3 heterocycles. The van der Waals surface area contributed by atoms with Crippen molar-refractivity contribution in [1.29, 1.82) is 0 Å². The highest BCUT2D eigenvalue weighted by Gasteiger charge is 2.16. The van der Waals surface area contributed by atoms with E-state index < -0.39 is 0 Å². The molecule has 0 aliphatic carbocycles. The SMILES string of the molecule is CC(=O)NC(C)c1ccc2nc(-c3ccc(Oc4cccc(OCC5CCCO5)c4)cn3)oc2c1. The van der Waals surface area contributed by atoms with Crippen LogP contribution in [0, 0.1) is 0 Å². The highest BCUT2D eigenvalue weighted by molar-refractivity contribution is 5.77. The van der Waals surface area contributed by atoms with E-state index in [2.05, 4.69) is 15.3 Å². The first-order valence-corrected chi connectivity index (χ1v) is 11.7. The summed E-state index contributed by atoms with van der Waals surface area (Å²) in [6, 6.07) is 16.7. The molecule has 5 rings (SSSR count). The molecule has 0 spiro atoms. The van der Waals surface area contributed by atoms with Crippen LogP contribution in [0.4, 0.5) is 0 Å². The Kier molecular flexibility index (Phi) is 6.63. The summed E-state index contributed by atoms with van der Waals surface area (Å²) >= 11 is 0. The Morgan fingerprint density at radius 1 is 1.14 bits per heavy atom. The maximum atomic E-state index is 11.3. The van der Waals surface area contributed by atoms with Crippen molar-refractivity contribution >= 4 is 17.0 Å². The van der Waals surface area contributed by atoms with E-state index in [1.807, 2.05) is 55.5 Å². The van der Waals surface area contributed by atoms with Gasteiger partial charge in [-0.3, -0.25) is 4.79 Å². The van der Waals surface area contributed by atoms with Crippen LogP contribution in [0.15, 0.2) is 65.2 Å². The minimum absolute atomic E-state index is 0.0831. The number of pyridine rings is 1. The molecular formula is C27H27N3O5. The summed E-state index contributed by atoms with van der Waals surface area (Å²) in [5, 5.41) is 2.87. The minimum atomic E-state index is -0.125. The van der Waals surface area contributed by atoms with Crippen LogP contribution in [-0.4, -0.2) is 35.2 Å². The summed E-state index contributed by atoms with van der Waals surface area (Å²) in [5.41, 5.74) is 2.89. The van der Waals surface area contributed by atoms with Gasteiger partial charge in [0.1, 0.15) is 35.1 Å². The molecule has 8 nitrogen and oxygen atoms in total. The lowest BCUT2D eigenvalue weighted by Crippen LogP contribution is -2.23. The molecule has 0 saturated carbocycles. The van der Waals surface area contributed by atoms with E-state index in [1.165, 1.54) is 6.92 Å². The Labute approximate surface area is 203 Å². The van der Waals surface area contributed by atoms with Crippen LogP contribution in [0.3, 0.4) is 0 Å². The number of carbonyl (C=O) groups is 1. The van der Waals surface area contributed by atoms with Crippen molar-refractivity contribution in [2.75, 3.05) is 13.2 Å². The second kappa shape index (κ2) is 10.1. The summed E-state index contributed by atoms with van der Waals surface area (Å²) in [4.78, 5) is 20.3. The number of nitrogens with zero attached hydrogens (tertiary/aromatic N) is 2. The number of ether oxygens (including phenoxy) is 3. The van der Waals surface area contributed by atoms with Crippen molar-refractivity contribution in [2.45, 2.75) is 38.8 Å². The van der Waals surface area contributed by atoms with Crippen LogP contribution < -0.4 is 14.8 Å². The van der Waals surface area contributed by atoms with Gasteiger partial charge >= 0.3 is 0 Å². The van der Waals surface area contributed by atoms with Crippen LogP contribution >= 0.6 is 0 Å². The number of benzene rings is 2. The Morgan fingerprint density at radius 3 is 2.80 bits per heavy atom. The number of nitrogens with one attached hydrogen (secondary N) is 1. The van der Waals surface area contributed by atoms with Crippen molar-refractivity contribution in [2.24, 2.45) is 0 Å². The van der Waals surface area contributed by atoms with Gasteiger partial charge in [0.05, 0.1) is 18.3 Å². The zero-order valence-electron chi connectivity index (χ0n) is 19.7. The van der Waals surface area contributed by atoms with E-state index >= 15 is 0 Å². The molecule has 180 valence electrons. The number of oxazole rings is 1. The van der Waals surface area contributed by atoms with Crippen LogP contribution in [-0.2, 0) is 9.53 Å². The summed E-state index contributed by atoms with van der Waals surface area (Å²) in [6.07, 6.45) is 3.91. The largest absolute Gasteiger partial charge is 0.491 e. The fourth-order valence-electron chi connectivity index (χ4n) is 4.00. The Hall–Kier alpha value is -3.91. The summed E-state index contributed by atoms with van der Waals surface area (Å²) in [7, 11) is 0. The summed E-state index contributed by atoms with van der Waals surface area (Å²) in [6.45, 7) is 4.77. The average Bonchev–Trinajstić information content (AvgIpc) is 3.52. The van der Waals surface area contributed by atoms with E-state index in [4.69, 9.17) is 18.6 Å². The molecule has 2 aromatic heterocycles. The van der Waals surface area contributed by atoms with Crippen molar-refractivity contribution in [3.8, 4) is 28.8 Å². The molecule has 4 aromatic rings. The lowest BCUT2D eigenvalue weighted by molar-refractivity contribution is -0.119. The molecule has 0 bridgehead atoms. The van der Waals surface area contributed by atoms with Crippen LogP contribution in [0.25, 0.3) is 22.7 Å². The van der Waals surface area contributed by atoms with E-state index in [0.717, 1.165) is 36.3 Å². The smallest absolute Gasteiger partial charge is 0.246 e. The quantitative estimate of drug-likeness (QED) is 0.364. The minimum Gasteiger partial charge on any atom is -0.491 e. The number of aromatic nitrogens is 2. The summed E-state index contributed by atoms with van der Waals surface area (Å²) < 4.78 is 23.4. The van der Waals surface area contributed by atoms with E-state index in [-0.39, 0.29) is 18.1 Å². The van der Waals surface area contributed by atoms with E-state index in [0.29, 0.717) is 35.3 Å². The Bertz CT molecular complexity index is 1310. The number of rotatable bonds is 8. The molecule has 2 unspecified atom stereocenters. The molecule has 35 heavy (non-hydrogen) atoms. The molecule has 1 amide bonds. The Morgan fingerprint density at radius 2 is 2.03 bits per heavy atom. The third-order valence-electron chi connectivity index (χ3n) is 5.79. The lowest BCUT2D eigenvalue weighted by atomic mass is 10.1. The monoisotopic (exact) mass is 473 g/mol. The fraction of sp³-hybridized carbons (Fsp3) is 0.296. The van der Waals surface area contributed by atoms with Crippen LogP contribution in [0.2, 0.25) is 0 Å². The average molecular weight is 474 g/mol. The van der Waals surface area contributed by atoms with Crippen molar-refractivity contribution in [3.63, 3.8) is 0 Å². The maximum absolute atomic E-state index is 11.3. The molecule has 2 atom stereocenters. The molecule has 1 aliphatic heterocycles. The maximum Gasteiger partial charge on any atom is 0.246 e. The number of hydrogen-bond acceptors (Lipinski definition) is 7. The first kappa shape index (κ1) is 22.9. The molecular weight excluding hydrogens is 446 g/mol. The highest BCUT2D eigenvalue weighted by atomic mass is 16.5. The predicted octanol–water partition coefficient (Wildman–Crippen LogP) is 5.44. The van der Waals surface area contributed by atoms with Crippen LogP contribution in [0.5, 0.6) is 17.2 Å². The number of fused-ring (bicyclic) bond motifs is 1. The number of amides is 1. The van der Waals surface area contributed by atoms with E-state index in [9.17, 15) is 4.79 Å². The number of carbonyl (C=O) groups excluding carboxylic acids is 1. The first-order chi connectivity index (χ1) is 17.0. The van der Waals surface area contributed by atoms with Gasteiger partial charge in [-0.05, 0) is 61.7 Å². The van der Waals surface area contributed by atoms with Crippen molar-refractivity contribution in [3.05, 3.63) is 66.4 Å². The van der Waals surface area contributed by atoms with Gasteiger partial charge in [0, 0.05) is 19.6 Å². The van der Waals surface area contributed by atoms with Crippen molar-refractivity contribution < 1.29 is 23.4 Å². The van der Waals surface area contributed by atoms with Gasteiger partial charge in [0.2, 0.25) is 11.8 Å². The summed E-state index contributed by atoms with van der Waals surface area (Å²) in [5.74, 6) is 2.32. The number of hydrogen-bond donors (Lipinski definition) is 1. The zero-order chi connectivity index (χ0) is 24.2. The first-order valence-electron chi connectivity index (χ1n) is 11.7. The highest BCUT2D eigenvalue weighted by Crippen LogP contribution is 2.29. The molecule has 8 heteroatoms. The van der Waals surface area contributed by atoms with Gasteiger partial charge in [0.25, 0.3) is 0 Å². The fourth-order valence-corrected chi connectivity index (χ4v) is 4.00. The standard InChI is InChI=1S/C27H27N3O5/c1-17(29-18(2)31)19-8-10-24-26(13-19)35-27(30-24)25-11-9-22(15-28-25)34-21-6-3-5-20(14-21)33-16-23-7-4-12-32-23/h3,5-6,8-11,13-15,17,23H,4,7,12,16H2,1-2H3,(H,29,31). The van der Waals surface area contributed by atoms with Gasteiger partial charge < -0.3 is 23.9 Å². The van der Waals surface area contributed by atoms with Gasteiger partial charge in [-0.25, -0.2) is 9.97 Å². The normalized spacial score (nSPS) is 16.2. The topological polar surface area (TPSA) is 95.7 Å². The third-order valence-corrected chi connectivity index (χ3v) is 5.79. The molecule has 1 fully saturated rings. The van der Waals surface area contributed by atoms with E-state index in [1.54, 1.807) is 12.3 Å². The second-order valence-corrected chi connectivity index (χ2v) is 8.57. The van der Waals surface area contributed by atoms with Gasteiger partial charge in [-0.2, -0.15) is 0 Å². The third kappa shape index (κ3) is 5.60. The second-order valence-electron chi connectivity index (χ2n) is 8.57. The lowest BCUT2D eigenvalue weighted by Gasteiger charge is -2.12.